The number of pyridine rings is 1. The van der Waals surface area contributed by atoms with Gasteiger partial charge in [-0.3, -0.25) is 4.98 Å². The second-order valence-corrected chi connectivity index (χ2v) is 7.32. The molecule has 4 aromatic heterocycles. The van der Waals surface area contributed by atoms with Crippen molar-refractivity contribution in [1.29, 1.82) is 0 Å². The van der Waals surface area contributed by atoms with Crippen molar-refractivity contribution < 1.29 is 18.5 Å². The first-order valence-corrected chi connectivity index (χ1v) is 10.8. The van der Waals surface area contributed by atoms with Gasteiger partial charge in [0, 0.05) is 36.0 Å². The molecule has 0 unspecified atom stereocenters. The lowest BCUT2D eigenvalue weighted by molar-refractivity contribution is -0.137. The van der Waals surface area contributed by atoms with Gasteiger partial charge in [-0.25, -0.2) is 4.79 Å². The predicted octanol–water partition coefficient (Wildman–Crippen LogP) is 3.55. The number of tetrazole rings is 1. The molecule has 11 heteroatoms. The predicted molar refractivity (Wildman–Crippen MR) is 123 cm³/mol. The fraction of sp³-hybridized carbons (Fsp3) is 0.125. The SMILES string of the molecule is O=C(OCCCc1nc(-c2cccnc2)no1)/C(=C/c1ccco1)n1nnnc1-c1ccccc1. The molecule has 35 heavy (non-hydrogen) atoms. The maximum Gasteiger partial charge on any atom is 0.357 e. The second-order valence-electron chi connectivity index (χ2n) is 7.32. The Hall–Kier alpha value is -4.93. The number of aromatic nitrogens is 7. The average Bonchev–Trinajstić information content (AvgIpc) is 3.68. The summed E-state index contributed by atoms with van der Waals surface area (Å²) in [4.78, 5) is 21.4. The minimum absolute atomic E-state index is 0.112. The van der Waals surface area contributed by atoms with Crippen LogP contribution in [0.2, 0.25) is 0 Å². The third-order valence-corrected chi connectivity index (χ3v) is 4.92. The Labute approximate surface area is 199 Å². The minimum Gasteiger partial charge on any atom is -0.465 e. The maximum atomic E-state index is 13.0. The van der Waals surface area contributed by atoms with E-state index in [0.29, 0.717) is 36.1 Å². The number of hydrogen-bond acceptors (Lipinski definition) is 10. The van der Waals surface area contributed by atoms with Gasteiger partial charge in [0.05, 0.1) is 12.9 Å². The van der Waals surface area contributed by atoms with Crippen molar-refractivity contribution in [3.05, 3.63) is 84.9 Å². The molecule has 0 saturated heterocycles. The van der Waals surface area contributed by atoms with Crippen molar-refractivity contribution in [2.75, 3.05) is 6.61 Å². The average molecular weight is 469 g/mol. The van der Waals surface area contributed by atoms with Crippen molar-refractivity contribution in [3.63, 3.8) is 0 Å². The summed E-state index contributed by atoms with van der Waals surface area (Å²) in [5.41, 5.74) is 1.62. The van der Waals surface area contributed by atoms with E-state index in [1.54, 1.807) is 30.6 Å². The fourth-order valence-electron chi connectivity index (χ4n) is 3.26. The van der Waals surface area contributed by atoms with Gasteiger partial charge < -0.3 is 13.7 Å². The molecule has 0 aliphatic rings. The van der Waals surface area contributed by atoms with Gasteiger partial charge in [-0.2, -0.15) is 9.67 Å². The van der Waals surface area contributed by atoms with Gasteiger partial charge in [0.25, 0.3) is 0 Å². The fourth-order valence-corrected chi connectivity index (χ4v) is 3.26. The first-order valence-electron chi connectivity index (χ1n) is 10.8. The summed E-state index contributed by atoms with van der Waals surface area (Å²) < 4.78 is 17.5. The minimum atomic E-state index is -0.604. The first kappa shape index (κ1) is 21.9. The summed E-state index contributed by atoms with van der Waals surface area (Å²) in [6.07, 6.45) is 7.30. The number of furan rings is 1. The quantitative estimate of drug-likeness (QED) is 0.179. The maximum absolute atomic E-state index is 13.0. The Balaban J connectivity index is 1.27. The third kappa shape index (κ3) is 5.19. The van der Waals surface area contributed by atoms with Crippen molar-refractivity contribution in [3.8, 4) is 22.8 Å². The van der Waals surface area contributed by atoms with E-state index in [1.165, 1.54) is 17.0 Å². The lowest BCUT2D eigenvalue weighted by atomic mass is 10.2. The molecule has 0 N–H and O–H groups in total. The van der Waals surface area contributed by atoms with Crippen LogP contribution in [0.25, 0.3) is 34.5 Å². The Morgan fingerprint density at radius 2 is 1.94 bits per heavy atom. The molecule has 5 aromatic rings. The Kier molecular flexibility index (Phi) is 6.47. The highest BCUT2D eigenvalue weighted by Crippen LogP contribution is 2.21. The summed E-state index contributed by atoms with van der Waals surface area (Å²) in [5, 5.41) is 15.8. The van der Waals surface area contributed by atoms with E-state index in [2.05, 4.69) is 30.7 Å². The normalized spacial score (nSPS) is 11.5. The number of hydrogen-bond donors (Lipinski definition) is 0. The number of ether oxygens (including phenoxy) is 1. The van der Waals surface area contributed by atoms with E-state index >= 15 is 0 Å². The lowest BCUT2D eigenvalue weighted by Gasteiger charge is -2.09. The van der Waals surface area contributed by atoms with E-state index in [0.717, 1.165) is 11.1 Å². The number of rotatable bonds is 9. The van der Waals surface area contributed by atoms with Crippen LogP contribution in [0.15, 0.2) is 82.2 Å². The Morgan fingerprint density at radius 3 is 2.74 bits per heavy atom. The number of esters is 1. The van der Waals surface area contributed by atoms with Crippen LogP contribution in [0.4, 0.5) is 0 Å². The Bertz CT molecular complexity index is 1410. The molecule has 5 rings (SSSR count). The molecule has 0 fully saturated rings. The second kappa shape index (κ2) is 10.3. The van der Waals surface area contributed by atoms with Gasteiger partial charge in [-0.1, -0.05) is 35.5 Å². The molecule has 11 nitrogen and oxygen atoms in total. The van der Waals surface area contributed by atoms with Gasteiger partial charge in [-0.15, -0.1) is 5.10 Å². The highest BCUT2D eigenvalue weighted by Gasteiger charge is 2.21. The van der Waals surface area contributed by atoms with Crippen LogP contribution in [-0.2, 0) is 16.0 Å². The highest BCUT2D eigenvalue weighted by molar-refractivity contribution is 6.15. The zero-order valence-electron chi connectivity index (χ0n) is 18.4. The van der Waals surface area contributed by atoms with Crippen LogP contribution in [0, 0.1) is 0 Å². The topological polar surface area (TPSA) is 135 Å². The lowest BCUT2D eigenvalue weighted by Crippen LogP contribution is -2.15. The first-order chi connectivity index (χ1) is 17.3. The van der Waals surface area contributed by atoms with E-state index in [1.807, 2.05) is 36.4 Å². The molecule has 1 aromatic carbocycles. The van der Waals surface area contributed by atoms with Gasteiger partial charge in [0.15, 0.2) is 11.5 Å². The molecular weight excluding hydrogens is 450 g/mol. The molecule has 0 saturated carbocycles. The molecule has 0 spiro atoms. The smallest absolute Gasteiger partial charge is 0.357 e. The van der Waals surface area contributed by atoms with Gasteiger partial charge in [-0.05, 0) is 41.1 Å². The van der Waals surface area contributed by atoms with Crippen LogP contribution >= 0.6 is 0 Å². The molecule has 4 heterocycles. The molecule has 0 atom stereocenters. The molecule has 0 aliphatic carbocycles. The van der Waals surface area contributed by atoms with E-state index in [-0.39, 0.29) is 12.3 Å². The summed E-state index contributed by atoms with van der Waals surface area (Å²) in [5.74, 6) is 1.15. The zero-order chi connectivity index (χ0) is 23.9. The van der Waals surface area contributed by atoms with Crippen molar-refractivity contribution in [2.24, 2.45) is 0 Å². The van der Waals surface area contributed by atoms with Gasteiger partial charge in [0.2, 0.25) is 11.7 Å². The Morgan fingerprint density at radius 1 is 1.06 bits per heavy atom. The standard InChI is InChI=1S/C24H19N7O4/c32-24(34-14-6-11-21-26-22(28-35-21)18-9-4-12-25-16-18)20(15-19-10-5-13-33-19)31-23(27-29-30-31)17-7-2-1-3-8-17/h1-5,7-10,12-13,15-16H,6,11,14H2/b20-15-. The van der Waals surface area contributed by atoms with Gasteiger partial charge in [0.1, 0.15) is 5.76 Å². The number of nitrogens with zero attached hydrogens (tertiary/aromatic N) is 7. The highest BCUT2D eigenvalue weighted by atomic mass is 16.5. The molecule has 0 radical (unpaired) electrons. The van der Waals surface area contributed by atoms with Crippen molar-refractivity contribution >= 4 is 17.7 Å². The largest absolute Gasteiger partial charge is 0.465 e. The summed E-state index contributed by atoms with van der Waals surface area (Å²) in [6, 6.07) is 16.4. The molecule has 0 aliphatic heterocycles. The number of carbonyl (C=O) groups is 1. The van der Waals surface area contributed by atoms with Crippen LogP contribution in [-0.4, -0.2) is 47.9 Å². The van der Waals surface area contributed by atoms with Gasteiger partial charge >= 0.3 is 5.97 Å². The zero-order valence-corrected chi connectivity index (χ0v) is 18.4. The number of benzene rings is 1. The van der Waals surface area contributed by atoms with Crippen LogP contribution in [0.3, 0.4) is 0 Å². The van der Waals surface area contributed by atoms with E-state index in [4.69, 9.17) is 13.7 Å². The molecule has 0 bridgehead atoms. The van der Waals surface area contributed by atoms with Crippen molar-refractivity contribution in [1.82, 2.24) is 35.3 Å². The van der Waals surface area contributed by atoms with E-state index in [9.17, 15) is 4.79 Å². The molecular formula is C24H19N7O4. The molecule has 174 valence electrons. The van der Waals surface area contributed by atoms with Crippen molar-refractivity contribution in [2.45, 2.75) is 12.8 Å². The monoisotopic (exact) mass is 469 g/mol. The van der Waals surface area contributed by atoms with E-state index < -0.39 is 5.97 Å². The summed E-state index contributed by atoms with van der Waals surface area (Å²) in [6.45, 7) is 0.127. The van der Waals surface area contributed by atoms with Crippen LogP contribution in [0.1, 0.15) is 18.1 Å². The van der Waals surface area contributed by atoms with Crippen LogP contribution in [0.5, 0.6) is 0 Å². The number of aryl methyl sites for hydroxylation is 1. The molecule has 0 amide bonds. The third-order valence-electron chi connectivity index (χ3n) is 4.92. The number of carbonyl (C=O) groups excluding carboxylic acids is 1. The summed E-state index contributed by atoms with van der Waals surface area (Å²) >= 11 is 0. The summed E-state index contributed by atoms with van der Waals surface area (Å²) in [7, 11) is 0. The van der Waals surface area contributed by atoms with Crippen LogP contribution < -0.4 is 0 Å².